The van der Waals surface area contributed by atoms with Gasteiger partial charge in [-0.05, 0) is 36.8 Å². The number of amides is 1. The highest BCUT2D eigenvalue weighted by atomic mass is 35.5. The van der Waals surface area contributed by atoms with Crippen molar-refractivity contribution >= 4 is 29.0 Å². The fourth-order valence-corrected chi connectivity index (χ4v) is 3.31. The van der Waals surface area contributed by atoms with Crippen LogP contribution in [0.3, 0.4) is 0 Å². The summed E-state index contributed by atoms with van der Waals surface area (Å²) in [6, 6.07) is 15.3. The Morgan fingerprint density at radius 3 is 2.58 bits per heavy atom. The lowest BCUT2D eigenvalue weighted by molar-refractivity contribution is -0.135. The summed E-state index contributed by atoms with van der Waals surface area (Å²) in [7, 11) is 0. The standard InChI is InChI=1S/C20H17ClN2O3/c21-15-9-7-14(8-10-15)18(24)13-20(26)16-5-1-2-6-17(16)23(19(20)25)12-4-3-11-22/h1-2,5-10,26H,3-4,12-13H2/t20-/m0/s1. The molecule has 1 atom stereocenters. The first kappa shape index (κ1) is 18.1. The Balaban J connectivity index is 1.90. The molecule has 0 unspecified atom stereocenters. The molecule has 1 aliphatic rings. The Hall–Kier alpha value is -2.68. The molecular weight excluding hydrogens is 352 g/mol. The maximum Gasteiger partial charge on any atom is 0.264 e. The highest BCUT2D eigenvalue weighted by molar-refractivity contribution is 6.30. The largest absolute Gasteiger partial charge is 0.375 e. The molecule has 1 aliphatic heterocycles. The number of carbonyl (C=O) groups excluding carboxylic acids is 2. The van der Waals surface area contributed by atoms with Crippen LogP contribution in [0.5, 0.6) is 0 Å². The minimum atomic E-state index is -1.90. The lowest BCUT2D eigenvalue weighted by Crippen LogP contribution is -2.42. The summed E-state index contributed by atoms with van der Waals surface area (Å²) in [5, 5.41) is 20.3. The fraction of sp³-hybridized carbons (Fsp3) is 0.250. The predicted octanol–water partition coefficient (Wildman–Crippen LogP) is 3.45. The summed E-state index contributed by atoms with van der Waals surface area (Å²) in [6.45, 7) is 0.320. The Labute approximate surface area is 156 Å². The minimum absolute atomic E-state index is 0.314. The van der Waals surface area contributed by atoms with Crippen molar-refractivity contribution in [2.75, 3.05) is 11.4 Å². The Morgan fingerprint density at radius 2 is 1.88 bits per heavy atom. The summed E-state index contributed by atoms with van der Waals surface area (Å²) >= 11 is 5.84. The third kappa shape index (κ3) is 3.22. The van der Waals surface area contributed by atoms with Crippen LogP contribution in [0.1, 0.15) is 35.2 Å². The normalized spacial score (nSPS) is 18.5. The number of hydrogen-bond acceptors (Lipinski definition) is 4. The summed E-state index contributed by atoms with van der Waals surface area (Å²) in [5.41, 5.74) is -0.512. The van der Waals surface area contributed by atoms with Gasteiger partial charge < -0.3 is 10.0 Å². The molecule has 0 radical (unpaired) electrons. The van der Waals surface area contributed by atoms with Crippen LogP contribution in [0.2, 0.25) is 5.02 Å². The molecule has 2 aromatic rings. The van der Waals surface area contributed by atoms with E-state index in [0.29, 0.717) is 41.2 Å². The number of nitrogens with zero attached hydrogens (tertiary/aromatic N) is 2. The molecule has 1 amide bonds. The number of aliphatic hydroxyl groups is 1. The Bertz CT molecular complexity index is 889. The molecule has 0 bridgehead atoms. The zero-order valence-corrected chi connectivity index (χ0v) is 14.7. The van der Waals surface area contributed by atoms with Gasteiger partial charge in [-0.3, -0.25) is 9.59 Å². The third-order valence-electron chi connectivity index (χ3n) is 4.49. The molecule has 0 spiro atoms. The van der Waals surface area contributed by atoms with Crippen LogP contribution in [-0.4, -0.2) is 23.3 Å². The van der Waals surface area contributed by atoms with Gasteiger partial charge in [0.15, 0.2) is 11.4 Å². The first-order valence-corrected chi connectivity index (χ1v) is 8.65. The highest BCUT2D eigenvalue weighted by Crippen LogP contribution is 2.42. The fourth-order valence-electron chi connectivity index (χ4n) is 3.19. The average Bonchev–Trinajstić information content (AvgIpc) is 2.84. The molecule has 5 nitrogen and oxygen atoms in total. The number of fused-ring (bicyclic) bond motifs is 1. The van der Waals surface area contributed by atoms with Crippen LogP contribution in [0, 0.1) is 11.3 Å². The van der Waals surface area contributed by atoms with E-state index < -0.39 is 11.5 Å². The monoisotopic (exact) mass is 368 g/mol. The van der Waals surface area contributed by atoms with Gasteiger partial charge in [0.1, 0.15) is 0 Å². The SMILES string of the molecule is N#CCCCN1C(=O)[C@](O)(CC(=O)c2ccc(Cl)cc2)c2ccccc21. The van der Waals surface area contributed by atoms with Crippen molar-refractivity contribution in [1.82, 2.24) is 0 Å². The molecule has 1 heterocycles. The molecule has 1 N–H and O–H groups in total. The van der Waals surface area contributed by atoms with E-state index in [9.17, 15) is 14.7 Å². The van der Waals surface area contributed by atoms with Crippen LogP contribution in [-0.2, 0) is 10.4 Å². The topological polar surface area (TPSA) is 81.4 Å². The van der Waals surface area contributed by atoms with Gasteiger partial charge in [0.05, 0.1) is 18.2 Å². The molecule has 132 valence electrons. The van der Waals surface area contributed by atoms with Crippen LogP contribution in [0.15, 0.2) is 48.5 Å². The Morgan fingerprint density at radius 1 is 1.19 bits per heavy atom. The van der Waals surface area contributed by atoms with E-state index >= 15 is 0 Å². The van der Waals surface area contributed by atoms with Crippen LogP contribution >= 0.6 is 11.6 Å². The number of rotatable bonds is 6. The number of anilines is 1. The molecule has 3 rings (SSSR count). The van der Waals surface area contributed by atoms with Gasteiger partial charge in [-0.1, -0.05) is 29.8 Å². The number of halogens is 1. The zero-order valence-electron chi connectivity index (χ0n) is 14.0. The molecule has 26 heavy (non-hydrogen) atoms. The molecule has 0 saturated heterocycles. The van der Waals surface area contributed by atoms with Crippen LogP contribution in [0.4, 0.5) is 5.69 Å². The van der Waals surface area contributed by atoms with Gasteiger partial charge in [0, 0.05) is 29.1 Å². The predicted molar refractivity (Wildman–Crippen MR) is 97.9 cm³/mol. The molecule has 0 aromatic heterocycles. The number of para-hydroxylation sites is 1. The van der Waals surface area contributed by atoms with Gasteiger partial charge in [0.25, 0.3) is 5.91 Å². The highest BCUT2D eigenvalue weighted by Gasteiger charge is 2.50. The summed E-state index contributed by atoms with van der Waals surface area (Å²) in [6.07, 6.45) is 0.463. The van der Waals surface area contributed by atoms with E-state index in [1.54, 1.807) is 48.5 Å². The van der Waals surface area contributed by atoms with E-state index in [1.807, 2.05) is 6.07 Å². The maximum absolute atomic E-state index is 12.9. The first-order valence-electron chi connectivity index (χ1n) is 8.27. The van der Waals surface area contributed by atoms with E-state index in [2.05, 4.69) is 0 Å². The van der Waals surface area contributed by atoms with Gasteiger partial charge >= 0.3 is 0 Å². The van der Waals surface area contributed by atoms with Crippen molar-refractivity contribution in [3.63, 3.8) is 0 Å². The van der Waals surface area contributed by atoms with Gasteiger partial charge in [0.2, 0.25) is 0 Å². The van der Waals surface area contributed by atoms with E-state index in [4.69, 9.17) is 16.9 Å². The average molecular weight is 369 g/mol. The molecule has 0 fully saturated rings. The second-order valence-electron chi connectivity index (χ2n) is 6.20. The van der Waals surface area contributed by atoms with Crippen molar-refractivity contribution in [3.05, 3.63) is 64.7 Å². The van der Waals surface area contributed by atoms with E-state index in [1.165, 1.54) is 4.90 Å². The molecule has 0 saturated carbocycles. The van der Waals surface area contributed by atoms with E-state index in [-0.39, 0.29) is 12.2 Å². The number of Topliss-reactive ketones (excluding diaryl/α,β-unsaturated/α-hetero) is 1. The van der Waals surface area contributed by atoms with Crippen LogP contribution in [0.25, 0.3) is 0 Å². The number of carbonyl (C=O) groups is 2. The number of ketones is 1. The van der Waals surface area contributed by atoms with Crippen molar-refractivity contribution in [1.29, 1.82) is 5.26 Å². The number of unbranched alkanes of at least 4 members (excludes halogenated alkanes) is 1. The summed E-state index contributed by atoms with van der Waals surface area (Å²) in [4.78, 5) is 27.0. The summed E-state index contributed by atoms with van der Waals surface area (Å²) < 4.78 is 0. The van der Waals surface area contributed by atoms with Gasteiger partial charge in [-0.25, -0.2) is 0 Å². The second-order valence-corrected chi connectivity index (χ2v) is 6.64. The quantitative estimate of drug-likeness (QED) is 0.625. The van der Waals surface area contributed by atoms with Crippen molar-refractivity contribution in [3.8, 4) is 6.07 Å². The maximum atomic E-state index is 12.9. The van der Waals surface area contributed by atoms with Crippen LogP contribution < -0.4 is 4.90 Å². The zero-order chi connectivity index (χ0) is 18.7. The lowest BCUT2D eigenvalue weighted by Gasteiger charge is -2.22. The van der Waals surface area contributed by atoms with Crippen molar-refractivity contribution in [2.24, 2.45) is 0 Å². The second kappa shape index (κ2) is 7.28. The molecule has 0 aliphatic carbocycles. The first-order chi connectivity index (χ1) is 12.5. The third-order valence-corrected chi connectivity index (χ3v) is 4.74. The minimum Gasteiger partial charge on any atom is -0.375 e. The summed E-state index contributed by atoms with van der Waals surface area (Å²) in [5.74, 6) is -0.870. The number of nitriles is 1. The number of benzene rings is 2. The lowest BCUT2D eigenvalue weighted by atomic mass is 9.88. The smallest absolute Gasteiger partial charge is 0.264 e. The van der Waals surface area contributed by atoms with Crippen molar-refractivity contribution in [2.45, 2.75) is 24.9 Å². The molecular formula is C20H17ClN2O3. The van der Waals surface area contributed by atoms with E-state index in [0.717, 1.165) is 0 Å². The number of hydrogen-bond donors (Lipinski definition) is 1. The van der Waals surface area contributed by atoms with Gasteiger partial charge in [-0.15, -0.1) is 0 Å². The molecule has 6 heteroatoms. The van der Waals surface area contributed by atoms with Gasteiger partial charge in [-0.2, -0.15) is 5.26 Å². The van der Waals surface area contributed by atoms with Crippen molar-refractivity contribution < 1.29 is 14.7 Å². The molecule has 2 aromatic carbocycles. The Kier molecular flexibility index (Phi) is 5.08.